The van der Waals surface area contributed by atoms with E-state index in [0.717, 1.165) is 10.0 Å². The van der Waals surface area contributed by atoms with E-state index in [4.69, 9.17) is 5.11 Å². The van der Waals surface area contributed by atoms with Gasteiger partial charge in [0.1, 0.15) is 0 Å². The van der Waals surface area contributed by atoms with Gasteiger partial charge in [-0.3, -0.25) is 4.98 Å². The van der Waals surface area contributed by atoms with Crippen molar-refractivity contribution in [2.45, 2.75) is 6.54 Å². The fourth-order valence-corrected chi connectivity index (χ4v) is 1.76. The normalized spacial score (nSPS) is 10.3. The van der Waals surface area contributed by atoms with E-state index in [-0.39, 0.29) is 6.61 Å². The Morgan fingerprint density at radius 3 is 2.61 bits per heavy atom. The van der Waals surface area contributed by atoms with Crippen LogP contribution in [-0.2, 0) is 6.54 Å². The predicted octanol–water partition coefficient (Wildman–Crippen LogP) is 1.63. The van der Waals surface area contributed by atoms with Crippen LogP contribution >= 0.6 is 15.9 Å². The molecule has 2 aromatic rings. The molecular weight excluding hydrogens is 296 g/mol. The van der Waals surface area contributed by atoms with Crippen molar-refractivity contribution in [3.8, 4) is 0 Å². The summed E-state index contributed by atoms with van der Waals surface area (Å²) in [5.41, 5.74) is 1.05. The van der Waals surface area contributed by atoms with Gasteiger partial charge in [-0.05, 0) is 27.6 Å². The van der Waals surface area contributed by atoms with Crippen LogP contribution in [0, 0.1) is 0 Å². The number of halogens is 1. The number of aliphatic hydroxyl groups excluding tert-OH is 1. The van der Waals surface area contributed by atoms with Crippen LogP contribution < -0.4 is 4.90 Å². The van der Waals surface area contributed by atoms with E-state index in [1.807, 2.05) is 17.0 Å². The molecule has 2 rings (SSSR count). The van der Waals surface area contributed by atoms with Crippen molar-refractivity contribution >= 4 is 21.9 Å². The predicted molar refractivity (Wildman–Crippen MR) is 72.1 cm³/mol. The quantitative estimate of drug-likeness (QED) is 0.909. The van der Waals surface area contributed by atoms with Crippen LogP contribution in [0.5, 0.6) is 0 Å². The van der Waals surface area contributed by atoms with E-state index >= 15 is 0 Å². The Morgan fingerprint density at radius 2 is 2.00 bits per heavy atom. The Balaban J connectivity index is 2.15. The molecule has 18 heavy (non-hydrogen) atoms. The molecule has 0 radical (unpaired) electrons. The zero-order valence-corrected chi connectivity index (χ0v) is 11.3. The second kappa shape index (κ2) is 6.42. The molecule has 0 saturated carbocycles. The topological polar surface area (TPSA) is 62.1 Å². The minimum absolute atomic E-state index is 0.0552. The molecule has 94 valence electrons. The molecule has 0 bridgehead atoms. The van der Waals surface area contributed by atoms with Gasteiger partial charge in [-0.2, -0.15) is 0 Å². The first-order valence-electron chi connectivity index (χ1n) is 5.52. The van der Waals surface area contributed by atoms with Crippen molar-refractivity contribution < 1.29 is 5.11 Å². The molecule has 0 aliphatic carbocycles. The second-order valence-corrected chi connectivity index (χ2v) is 4.62. The molecule has 0 saturated heterocycles. The highest BCUT2D eigenvalue weighted by molar-refractivity contribution is 9.10. The maximum atomic E-state index is 9.11. The van der Waals surface area contributed by atoms with E-state index in [0.29, 0.717) is 19.0 Å². The molecule has 5 nitrogen and oxygen atoms in total. The van der Waals surface area contributed by atoms with Crippen LogP contribution in [0.25, 0.3) is 0 Å². The van der Waals surface area contributed by atoms with Crippen molar-refractivity contribution in [3.05, 3.63) is 47.0 Å². The molecule has 0 spiro atoms. The third-order valence-electron chi connectivity index (χ3n) is 2.36. The Kier molecular flexibility index (Phi) is 4.60. The SMILES string of the molecule is OCCN(Cc1cccnc1)c1ncc(Br)cn1. The van der Waals surface area contributed by atoms with E-state index < -0.39 is 0 Å². The summed E-state index contributed by atoms with van der Waals surface area (Å²) >= 11 is 3.30. The zero-order chi connectivity index (χ0) is 12.8. The first-order valence-corrected chi connectivity index (χ1v) is 6.31. The van der Waals surface area contributed by atoms with Gasteiger partial charge in [-0.25, -0.2) is 9.97 Å². The summed E-state index contributed by atoms with van der Waals surface area (Å²) in [7, 11) is 0. The van der Waals surface area contributed by atoms with Gasteiger partial charge in [0.15, 0.2) is 0 Å². The zero-order valence-electron chi connectivity index (χ0n) is 9.70. The van der Waals surface area contributed by atoms with Gasteiger partial charge < -0.3 is 10.0 Å². The van der Waals surface area contributed by atoms with Crippen molar-refractivity contribution in [1.82, 2.24) is 15.0 Å². The summed E-state index contributed by atoms with van der Waals surface area (Å²) in [5.74, 6) is 0.594. The van der Waals surface area contributed by atoms with Crippen molar-refractivity contribution in [2.75, 3.05) is 18.1 Å². The van der Waals surface area contributed by atoms with Gasteiger partial charge in [-0.15, -0.1) is 0 Å². The number of pyridine rings is 1. The van der Waals surface area contributed by atoms with Gasteiger partial charge in [0.25, 0.3) is 0 Å². The fraction of sp³-hybridized carbons (Fsp3) is 0.250. The van der Waals surface area contributed by atoms with Gasteiger partial charge in [-0.1, -0.05) is 6.07 Å². The summed E-state index contributed by atoms with van der Waals surface area (Å²) in [4.78, 5) is 14.4. The third-order valence-corrected chi connectivity index (χ3v) is 2.77. The maximum Gasteiger partial charge on any atom is 0.225 e. The summed E-state index contributed by atoms with van der Waals surface area (Å²) in [6.45, 7) is 1.16. The number of anilines is 1. The summed E-state index contributed by atoms with van der Waals surface area (Å²) in [5, 5.41) is 9.11. The van der Waals surface area contributed by atoms with Gasteiger partial charge >= 0.3 is 0 Å². The lowest BCUT2D eigenvalue weighted by molar-refractivity contribution is 0.300. The number of hydrogen-bond acceptors (Lipinski definition) is 5. The molecule has 0 fully saturated rings. The molecular formula is C12H13BrN4O. The van der Waals surface area contributed by atoms with E-state index in [9.17, 15) is 0 Å². The van der Waals surface area contributed by atoms with Crippen LogP contribution in [0.3, 0.4) is 0 Å². The molecule has 6 heteroatoms. The molecule has 2 heterocycles. The van der Waals surface area contributed by atoms with Crippen molar-refractivity contribution in [3.63, 3.8) is 0 Å². The standard InChI is InChI=1S/C12H13BrN4O/c13-11-7-15-12(16-8-11)17(4-5-18)9-10-2-1-3-14-6-10/h1-3,6-8,18H,4-5,9H2. The maximum absolute atomic E-state index is 9.11. The van der Waals surface area contributed by atoms with Crippen LogP contribution in [0.2, 0.25) is 0 Å². The largest absolute Gasteiger partial charge is 0.395 e. The highest BCUT2D eigenvalue weighted by Crippen LogP contribution is 2.13. The Morgan fingerprint density at radius 1 is 1.22 bits per heavy atom. The highest BCUT2D eigenvalue weighted by atomic mass is 79.9. The first kappa shape index (κ1) is 12.9. The minimum atomic E-state index is 0.0552. The monoisotopic (exact) mass is 308 g/mol. The van der Waals surface area contributed by atoms with E-state index in [1.54, 1.807) is 24.8 Å². The van der Waals surface area contributed by atoms with Gasteiger partial charge in [0.05, 0.1) is 11.1 Å². The van der Waals surface area contributed by atoms with E-state index in [2.05, 4.69) is 30.9 Å². The average molecular weight is 309 g/mol. The Labute approximate surface area is 114 Å². The number of nitrogens with zero attached hydrogens (tertiary/aromatic N) is 4. The number of hydrogen-bond donors (Lipinski definition) is 1. The lowest BCUT2D eigenvalue weighted by Crippen LogP contribution is -2.27. The molecule has 0 amide bonds. The molecule has 0 aliphatic rings. The lowest BCUT2D eigenvalue weighted by Gasteiger charge is -2.21. The lowest BCUT2D eigenvalue weighted by atomic mass is 10.2. The first-order chi connectivity index (χ1) is 8.79. The Hall–Kier alpha value is -1.53. The van der Waals surface area contributed by atoms with Crippen LogP contribution in [-0.4, -0.2) is 33.2 Å². The summed E-state index contributed by atoms with van der Waals surface area (Å²) < 4.78 is 0.830. The molecule has 1 N–H and O–H groups in total. The number of aromatic nitrogens is 3. The molecule has 0 aliphatic heterocycles. The van der Waals surface area contributed by atoms with Crippen LogP contribution in [0.15, 0.2) is 41.4 Å². The van der Waals surface area contributed by atoms with Gasteiger partial charge in [0, 0.05) is 37.9 Å². The molecule has 0 aromatic carbocycles. The number of rotatable bonds is 5. The van der Waals surface area contributed by atoms with Crippen molar-refractivity contribution in [1.29, 1.82) is 0 Å². The summed E-state index contributed by atoms with van der Waals surface area (Å²) in [6.07, 6.45) is 6.91. The number of aliphatic hydroxyl groups is 1. The average Bonchev–Trinajstić information content (AvgIpc) is 2.40. The molecule has 0 unspecified atom stereocenters. The fourth-order valence-electron chi connectivity index (χ4n) is 1.55. The second-order valence-electron chi connectivity index (χ2n) is 3.71. The summed E-state index contributed by atoms with van der Waals surface area (Å²) in [6, 6.07) is 3.87. The van der Waals surface area contributed by atoms with Gasteiger partial charge in [0.2, 0.25) is 5.95 Å². The highest BCUT2D eigenvalue weighted by Gasteiger charge is 2.09. The van der Waals surface area contributed by atoms with Crippen molar-refractivity contribution in [2.24, 2.45) is 0 Å². The smallest absolute Gasteiger partial charge is 0.225 e. The van der Waals surface area contributed by atoms with Crippen LogP contribution in [0.4, 0.5) is 5.95 Å². The minimum Gasteiger partial charge on any atom is -0.395 e. The molecule has 2 aromatic heterocycles. The Bertz CT molecular complexity index is 477. The molecule has 0 atom stereocenters. The third kappa shape index (κ3) is 3.48. The van der Waals surface area contributed by atoms with Crippen LogP contribution in [0.1, 0.15) is 5.56 Å². The van der Waals surface area contributed by atoms with E-state index in [1.165, 1.54) is 0 Å².